The maximum absolute atomic E-state index is 5.64. The molecular formula is C15H13N3O2. The lowest BCUT2D eigenvalue weighted by atomic mass is 10.2. The van der Waals surface area contributed by atoms with Crippen molar-refractivity contribution >= 4 is 5.69 Å². The number of nitrogen functional groups attached to an aromatic ring is 1. The smallest absolute Gasteiger partial charge is 0.264 e. The minimum Gasteiger partial charge on any atom is -0.484 e. The molecule has 0 saturated heterocycles. The minimum absolute atomic E-state index is 0.242. The SMILES string of the molecule is Nc1ccc(-c2noc(COc3ccccc3)n2)cc1. The zero-order chi connectivity index (χ0) is 13.8. The van der Waals surface area contributed by atoms with Gasteiger partial charge in [-0.1, -0.05) is 23.4 Å². The number of nitrogens with two attached hydrogens (primary N) is 1. The Hall–Kier alpha value is -2.82. The van der Waals surface area contributed by atoms with E-state index in [1.165, 1.54) is 0 Å². The van der Waals surface area contributed by atoms with Crippen molar-refractivity contribution in [3.63, 3.8) is 0 Å². The van der Waals surface area contributed by atoms with Gasteiger partial charge < -0.3 is 15.0 Å². The van der Waals surface area contributed by atoms with Crippen molar-refractivity contribution in [3.05, 3.63) is 60.5 Å². The van der Waals surface area contributed by atoms with Crippen LogP contribution in [0.25, 0.3) is 11.4 Å². The molecule has 0 amide bonds. The molecule has 0 unspecified atom stereocenters. The second-order valence-corrected chi connectivity index (χ2v) is 4.24. The summed E-state index contributed by atoms with van der Waals surface area (Å²) in [5.41, 5.74) is 7.19. The van der Waals surface area contributed by atoms with Crippen LogP contribution in [0.2, 0.25) is 0 Å². The Morgan fingerprint density at radius 3 is 2.50 bits per heavy atom. The first-order chi connectivity index (χ1) is 9.81. The summed E-state index contributed by atoms with van der Waals surface area (Å²) >= 11 is 0. The summed E-state index contributed by atoms with van der Waals surface area (Å²) in [5, 5.41) is 3.92. The van der Waals surface area contributed by atoms with Gasteiger partial charge in [0, 0.05) is 11.3 Å². The molecule has 0 aliphatic heterocycles. The van der Waals surface area contributed by atoms with E-state index in [-0.39, 0.29) is 6.61 Å². The molecule has 100 valence electrons. The van der Waals surface area contributed by atoms with Crippen molar-refractivity contribution in [1.82, 2.24) is 10.1 Å². The van der Waals surface area contributed by atoms with Crippen LogP contribution in [0.3, 0.4) is 0 Å². The van der Waals surface area contributed by atoms with Gasteiger partial charge in [-0.3, -0.25) is 0 Å². The molecule has 3 rings (SSSR count). The van der Waals surface area contributed by atoms with Crippen molar-refractivity contribution in [3.8, 4) is 17.1 Å². The van der Waals surface area contributed by atoms with Crippen molar-refractivity contribution < 1.29 is 9.26 Å². The molecule has 0 bridgehead atoms. The van der Waals surface area contributed by atoms with E-state index in [0.29, 0.717) is 17.4 Å². The number of aromatic nitrogens is 2. The molecule has 2 aromatic carbocycles. The van der Waals surface area contributed by atoms with E-state index in [1.54, 1.807) is 12.1 Å². The van der Waals surface area contributed by atoms with Gasteiger partial charge in [0.25, 0.3) is 5.89 Å². The summed E-state index contributed by atoms with van der Waals surface area (Å²) in [6.07, 6.45) is 0. The fraction of sp³-hybridized carbons (Fsp3) is 0.0667. The van der Waals surface area contributed by atoms with E-state index in [0.717, 1.165) is 11.3 Å². The standard InChI is InChI=1S/C15H13N3O2/c16-12-8-6-11(7-9-12)15-17-14(20-18-15)10-19-13-4-2-1-3-5-13/h1-9H,10,16H2. The highest BCUT2D eigenvalue weighted by Gasteiger charge is 2.08. The van der Waals surface area contributed by atoms with Gasteiger partial charge in [-0.15, -0.1) is 0 Å². The third-order valence-corrected chi connectivity index (χ3v) is 2.74. The fourth-order valence-corrected chi connectivity index (χ4v) is 1.72. The van der Waals surface area contributed by atoms with E-state index in [2.05, 4.69) is 10.1 Å². The minimum atomic E-state index is 0.242. The summed E-state index contributed by atoms with van der Waals surface area (Å²) in [4.78, 5) is 4.28. The largest absolute Gasteiger partial charge is 0.484 e. The average molecular weight is 267 g/mol. The quantitative estimate of drug-likeness (QED) is 0.736. The maximum Gasteiger partial charge on any atom is 0.264 e. The monoisotopic (exact) mass is 267 g/mol. The van der Waals surface area contributed by atoms with Gasteiger partial charge in [0.1, 0.15) is 5.75 Å². The van der Waals surface area contributed by atoms with Gasteiger partial charge in [-0.05, 0) is 36.4 Å². The summed E-state index contributed by atoms with van der Waals surface area (Å²) in [5.74, 6) is 1.72. The van der Waals surface area contributed by atoms with Crippen molar-refractivity contribution in [2.45, 2.75) is 6.61 Å². The average Bonchev–Trinajstić information content (AvgIpc) is 2.96. The lowest BCUT2D eigenvalue weighted by molar-refractivity contribution is 0.243. The molecule has 2 N–H and O–H groups in total. The first kappa shape index (κ1) is 12.2. The second kappa shape index (κ2) is 5.44. The highest BCUT2D eigenvalue weighted by Crippen LogP contribution is 2.18. The predicted molar refractivity (Wildman–Crippen MR) is 74.9 cm³/mol. The number of para-hydroxylation sites is 1. The number of hydrogen-bond acceptors (Lipinski definition) is 5. The zero-order valence-electron chi connectivity index (χ0n) is 10.7. The molecule has 0 saturated carbocycles. The Morgan fingerprint density at radius 1 is 1.00 bits per heavy atom. The summed E-state index contributed by atoms with van der Waals surface area (Å²) in [6, 6.07) is 16.8. The van der Waals surface area contributed by atoms with Crippen LogP contribution >= 0.6 is 0 Å². The lowest BCUT2D eigenvalue weighted by Crippen LogP contribution is -1.95. The molecule has 0 atom stereocenters. The van der Waals surface area contributed by atoms with Gasteiger partial charge in [0.2, 0.25) is 5.82 Å². The van der Waals surface area contributed by atoms with E-state index >= 15 is 0 Å². The maximum atomic E-state index is 5.64. The van der Waals surface area contributed by atoms with Crippen LogP contribution in [0.1, 0.15) is 5.89 Å². The van der Waals surface area contributed by atoms with Gasteiger partial charge in [0.05, 0.1) is 0 Å². The highest BCUT2D eigenvalue weighted by molar-refractivity contribution is 5.57. The second-order valence-electron chi connectivity index (χ2n) is 4.24. The van der Waals surface area contributed by atoms with E-state index in [9.17, 15) is 0 Å². The summed E-state index contributed by atoms with van der Waals surface area (Å²) in [7, 11) is 0. The molecule has 1 aromatic heterocycles. The van der Waals surface area contributed by atoms with Crippen molar-refractivity contribution in [1.29, 1.82) is 0 Å². The van der Waals surface area contributed by atoms with Gasteiger partial charge in [-0.2, -0.15) is 4.98 Å². The summed E-state index contributed by atoms with van der Waals surface area (Å²) < 4.78 is 10.7. The lowest BCUT2D eigenvalue weighted by Gasteiger charge is -2.01. The van der Waals surface area contributed by atoms with Crippen molar-refractivity contribution in [2.24, 2.45) is 0 Å². The van der Waals surface area contributed by atoms with E-state index in [4.69, 9.17) is 15.0 Å². The van der Waals surface area contributed by atoms with Crippen LogP contribution in [0.15, 0.2) is 59.1 Å². The molecule has 0 aliphatic carbocycles. The number of ether oxygens (including phenoxy) is 1. The fourth-order valence-electron chi connectivity index (χ4n) is 1.72. The number of nitrogens with zero attached hydrogens (tertiary/aromatic N) is 2. The molecule has 20 heavy (non-hydrogen) atoms. The van der Waals surface area contributed by atoms with Crippen LogP contribution in [0.5, 0.6) is 5.75 Å². The third kappa shape index (κ3) is 2.77. The van der Waals surface area contributed by atoms with Crippen LogP contribution in [0, 0.1) is 0 Å². The van der Waals surface area contributed by atoms with Gasteiger partial charge in [0.15, 0.2) is 6.61 Å². The number of benzene rings is 2. The Labute approximate surface area is 116 Å². The number of hydrogen-bond donors (Lipinski definition) is 1. The molecule has 0 aliphatic rings. The molecular weight excluding hydrogens is 254 g/mol. The third-order valence-electron chi connectivity index (χ3n) is 2.74. The molecule has 0 radical (unpaired) electrons. The topological polar surface area (TPSA) is 74.2 Å². The number of rotatable bonds is 4. The molecule has 0 spiro atoms. The molecule has 5 heteroatoms. The predicted octanol–water partition coefficient (Wildman–Crippen LogP) is 2.90. The molecule has 0 fully saturated rings. The summed E-state index contributed by atoms with van der Waals surface area (Å²) in [6.45, 7) is 0.242. The van der Waals surface area contributed by atoms with E-state index in [1.807, 2.05) is 42.5 Å². The molecule has 1 heterocycles. The molecule has 5 nitrogen and oxygen atoms in total. The molecule has 3 aromatic rings. The Bertz CT molecular complexity index is 678. The van der Waals surface area contributed by atoms with E-state index < -0.39 is 0 Å². The van der Waals surface area contributed by atoms with Gasteiger partial charge in [-0.25, -0.2) is 0 Å². The van der Waals surface area contributed by atoms with Crippen LogP contribution in [-0.4, -0.2) is 10.1 Å². The Kier molecular flexibility index (Phi) is 3.33. The Balaban J connectivity index is 1.69. The van der Waals surface area contributed by atoms with Gasteiger partial charge >= 0.3 is 0 Å². The Morgan fingerprint density at radius 2 is 1.75 bits per heavy atom. The van der Waals surface area contributed by atoms with Crippen molar-refractivity contribution in [2.75, 3.05) is 5.73 Å². The van der Waals surface area contributed by atoms with Crippen LogP contribution in [-0.2, 0) is 6.61 Å². The normalized spacial score (nSPS) is 10.4. The van der Waals surface area contributed by atoms with Crippen LogP contribution < -0.4 is 10.5 Å². The highest BCUT2D eigenvalue weighted by atomic mass is 16.5. The van der Waals surface area contributed by atoms with Crippen LogP contribution in [0.4, 0.5) is 5.69 Å². The zero-order valence-corrected chi connectivity index (χ0v) is 10.7. The first-order valence-electron chi connectivity index (χ1n) is 6.17. The number of anilines is 1. The first-order valence-corrected chi connectivity index (χ1v) is 6.17.